The monoisotopic (exact) mass is 540 g/mol. The average molecular weight is 541 g/mol. The predicted octanol–water partition coefficient (Wildman–Crippen LogP) is 3.18. The van der Waals surface area contributed by atoms with Crippen molar-refractivity contribution in [3.8, 4) is 5.75 Å². The van der Waals surface area contributed by atoms with Crippen molar-refractivity contribution in [1.29, 1.82) is 0 Å². The van der Waals surface area contributed by atoms with Crippen LogP contribution in [-0.2, 0) is 19.9 Å². The summed E-state index contributed by atoms with van der Waals surface area (Å²) in [5.41, 5.74) is 0.0885. The van der Waals surface area contributed by atoms with E-state index in [0.29, 0.717) is 6.42 Å². The third-order valence-electron chi connectivity index (χ3n) is 5.04. The number of carbonyl (C=O) groups is 1. The van der Waals surface area contributed by atoms with Crippen molar-refractivity contribution in [3.05, 3.63) is 53.1 Å². The van der Waals surface area contributed by atoms with Gasteiger partial charge < -0.3 is 9.64 Å². The molecule has 186 valence electrons. The highest BCUT2D eigenvalue weighted by Gasteiger charge is 2.32. The van der Waals surface area contributed by atoms with Crippen molar-refractivity contribution < 1.29 is 39.5 Å². The number of halogens is 4. The van der Waals surface area contributed by atoms with Crippen LogP contribution in [0.2, 0.25) is 5.02 Å². The minimum atomic E-state index is -4.89. The molecule has 2 aromatic carbocycles. The molecule has 0 saturated carbocycles. The van der Waals surface area contributed by atoms with Crippen LogP contribution in [0.4, 0.5) is 13.2 Å². The summed E-state index contributed by atoms with van der Waals surface area (Å²) in [4.78, 5) is 14.1. The van der Waals surface area contributed by atoms with E-state index in [1.54, 1.807) is 0 Å². The van der Waals surface area contributed by atoms with Gasteiger partial charge in [-0.15, -0.1) is 13.2 Å². The Bertz CT molecular complexity index is 1280. The largest absolute Gasteiger partial charge is 0.573 e. The Morgan fingerprint density at radius 3 is 2.12 bits per heavy atom. The number of sulfone groups is 1. The topological polar surface area (TPSA) is 101 Å². The van der Waals surface area contributed by atoms with Gasteiger partial charge in [0.1, 0.15) is 5.75 Å². The molecule has 0 bridgehead atoms. The zero-order valence-electron chi connectivity index (χ0n) is 17.7. The summed E-state index contributed by atoms with van der Waals surface area (Å²) in [6, 6.07) is 7.64. The SMILES string of the molecule is CS(=O)(=O)c1ccc(C(=O)N2CCCN(S(=O)(=O)c3ccc(OC(F)(F)F)cc3)CC2)c(Cl)c1. The molecular formula is C20H20ClF3N2O6S2. The van der Waals surface area contributed by atoms with E-state index in [0.717, 1.165) is 34.8 Å². The van der Waals surface area contributed by atoms with Gasteiger partial charge in [-0.3, -0.25) is 4.79 Å². The summed E-state index contributed by atoms with van der Waals surface area (Å²) in [6.45, 7) is 0.312. The standard InChI is InChI=1S/C20H20ClF3N2O6S2/c1-33(28,29)16-7-8-17(18(21)13-16)19(27)25-9-2-10-26(12-11-25)34(30,31)15-5-3-14(4-6-15)32-20(22,23)24/h3-8,13H,2,9-12H2,1H3. The first-order chi connectivity index (χ1) is 15.7. The van der Waals surface area contributed by atoms with Gasteiger partial charge in [0.25, 0.3) is 5.91 Å². The number of benzene rings is 2. The van der Waals surface area contributed by atoms with Crippen LogP contribution in [0.5, 0.6) is 5.75 Å². The maximum atomic E-state index is 13.0. The van der Waals surface area contributed by atoms with Gasteiger partial charge in [0, 0.05) is 32.4 Å². The molecule has 8 nitrogen and oxygen atoms in total. The molecule has 1 aliphatic heterocycles. The number of carbonyl (C=O) groups excluding carboxylic acids is 1. The Balaban J connectivity index is 1.73. The Labute approximate surface area is 199 Å². The van der Waals surface area contributed by atoms with E-state index in [-0.39, 0.29) is 46.6 Å². The van der Waals surface area contributed by atoms with Crippen LogP contribution in [0.1, 0.15) is 16.8 Å². The molecule has 3 rings (SSSR count). The zero-order valence-corrected chi connectivity index (χ0v) is 20.1. The highest BCUT2D eigenvalue weighted by atomic mass is 35.5. The minimum absolute atomic E-state index is 0.0335. The van der Waals surface area contributed by atoms with Crippen molar-refractivity contribution in [2.45, 2.75) is 22.6 Å². The van der Waals surface area contributed by atoms with Crippen LogP contribution in [-0.4, -0.2) is 70.7 Å². The lowest BCUT2D eigenvalue weighted by Gasteiger charge is -2.22. The Kier molecular flexibility index (Phi) is 7.51. The van der Waals surface area contributed by atoms with Crippen LogP contribution >= 0.6 is 11.6 Å². The second-order valence-corrected chi connectivity index (χ2v) is 11.8. The molecule has 14 heteroatoms. The number of alkyl halides is 3. The van der Waals surface area contributed by atoms with Crippen molar-refractivity contribution in [3.63, 3.8) is 0 Å². The van der Waals surface area contributed by atoms with Gasteiger partial charge in [0.05, 0.1) is 20.4 Å². The second kappa shape index (κ2) is 9.72. The Morgan fingerprint density at radius 2 is 1.56 bits per heavy atom. The molecule has 0 N–H and O–H groups in total. The number of ether oxygens (including phenoxy) is 1. The van der Waals surface area contributed by atoms with E-state index < -0.39 is 37.9 Å². The average Bonchev–Trinajstić information content (AvgIpc) is 2.98. The summed E-state index contributed by atoms with van der Waals surface area (Å²) >= 11 is 6.13. The van der Waals surface area contributed by atoms with Gasteiger partial charge in [-0.1, -0.05) is 11.6 Å². The van der Waals surface area contributed by atoms with Gasteiger partial charge in [-0.05, 0) is 48.9 Å². The fourth-order valence-corrected chi connectivity index (χ4v) is 5.81. The van der Waals surface area contributed by atoms with Crippen LogP contribution in [0.15, 0.2) is 52.3 Å². The maximum absolute atomic E-state index is 13.0. The maximum Gasteiger partial charge on any atom is 0.573 e. The smallest absolute Gasteiger partial charge is 0.406 e. The lowest BCUT2D eigenvalue weighted by Crippen LogP contribution is -2.37. The summed E-state index contributed by atoms with van der Waals surface area (Å²) < 4.78 is 91.1. The van der Waals surface area contributed by atoms with Crippen molar-refractivity contribution in [2.24, 2.45) is 0 Å². The van der Waals surface area contributed by atoms with E-state index in [1.165, 1.54) is 23.1 Å². The van der Waals surface area contributed by atoms with Gasteiger partial charge in [-0.25, -0.2) is 16.8 Å². The van der Waals surface area contributed by atoms with E-state index in [4.69, 9.17) is 11.6 Å². The van der Waals surface area contributed by atoms with Crippen molar-refractivity contribution in [1.82, 2.24) is 9.21 Å². The van der Waals surface area contributed by atoms with Crippen molar-refractivity contribution in [2.75, 3.05) is 32.4 Å². The van der Waals surface area contributed by atoms with Crippen LogP contribution in [0.3, 0.4) is 0 Å². The highest BCUT2D eigenvalue weighted by molar-refractivity contribution is 7.90. The third-order valence-corrected chi connectivity index (χ3v) is 8.37. The molecule has 1 saturated heterocycles. The lowest BCUT2D eigenvalue weighted by atomic mass is 10.2. The van der Waals surface area contributed by atoms with Gasteiger partial charge in [0.15, 0.2) is 9.84 Å². The fraction of sp³-hybridized carbons (Fsp3) is 0.350. The predicted molar refractivity (Wildman–Crippen MR) is 117 cm³/mol. The van der Waals surface area contributed by atoms with E-state index in [2.05, 4.69) is 4.74 Å². The fourth-order valence-electron chi connectivity index (χ4n) is 3.37. The molecule has 0 radical (unpaired) electrons. The van der Waals surface area contributed by atoms with Crippen LogP contribution in [0.25, 0.3) is 0 Å². The van der Waals surface area contributed by atoms with Crippen LogP contribution < -0.4 is 4.74 Å². The lowest BCUT2D eigenvalue weighted by molar-refractivity contribution is -0.274. The van der Waals surface area contributed by atoms with Gasteiger partial charge in [0.2, 0.25) is 10.0 Å². The number of amides is 1. The molecule has 1 fully saturated rings. The Morgan fingerprint density at radius 1 is 0.941 bits per heavy atom. The minimum Gasteiger partial charge on any atom is -0.406 e. The molecule has 2 aromatic rings. The van der Waals surface area contributed by atoms with Gasteiger partial charge in [-0.2, -0.15) is 4.31 Å². The second-order valence-electron chi connectivity index (χ2n) is 7.48. The Hall–Kier alpha value is -2.35. The quantitative estimate of drug-likeness (QED) is 0.577. The highest BCUT2D eigenvalue weighted by Crippen LogP contribution is 2.26. The first-order valence-corrected chi connectivity index (χ1v) is 13.5. The summed E-state index contributed by atoms with van der Waals surface area (Å²) in [5.74, 6) is -1.02. The van der Waals surface area contributed by atoms with Crippen molar-refractivity contribution >= 4 is 37.4 Å². The molecule has 0 unspecified atom stereocenters. The molecule has 0 aliphatic carbocycles. The normalized spacial score (nSPS) is 16.2. The summed E-state index contributed by atoms with van der Waals surface area (Å²) in [7, 11) is -7.53. The van der Waals surface area contributed by atoms with Crippen LogP contribution in [0, 0.1) is 0 Å². The van der Waals surface area contributed by atoms with E-state index in [9.17, 15) is 34.8 Å². The summed E-state index contributed by atoms with van der Waals surface area (Å²) in [5, 5.41) is -0.0391. The van der Waals surface area contributed by atoms with E-state index in [1.807, 2.05) is 0 Å². The first kappa shape index (κ1) is 26.3. The molecule has 1 amide bonds. The number of nitrogens with zero attached hydrogens (tertiary/aromatic N) is 2. The molecule has 34 heavy (non-hydrogen) atoms. The zero-order chi connectivity index (χ0) is 25.3. The number of sulfonamides is 1. The van der Waals surface area contributed by atoms with E-state index >= 15 is 0 Å². The molecule has 0 spiro atoms. The third kappa shape index (κ3) is 6.20. The first-order valence-electron chi connectivity index (χ1n) is 9.83. The molecular weight excluding hydrogens is 521 g/mol. The number of rotatable bonds is 5. The molecule has 0 aromatic heterocycles. The number of hydrogen-bond donors (Lipinski definition) is 0. The molecule has 1 aliphatic rings. The van der Waals surface area contributed by atoms with Gasteiger partial charge >= 0.3 is 6.36 Å². The summed E-state index contributed by atoms with van der Waals surface area (Å²) in [6.07, 6.45) is -3.57. The molecule has 0 atom stereocenters. The molecule has 1 heterocycles. The number of hydrogen-bond acceptors (Lipinski definition) is 6.